The zero-order chi connectivity index (χ0) is 11.9. The van der Waals surface area contributed by atoms with E-state index in [1.165, 1.54) is 45.3 Å². The lowest BCUT2D eigenvalue weighted by molar-refractivity contribution is 0.0282. The summed E-state index contributed by atoms with van der Waals surface area (Å²) in [6.07, 6.45) is 5.52. The summed E-state index contributed by atoms with van der Waals surface area (Å²) in [5, 5.41) is 1.14. The van der Waals surface area contributed by atoms with Gasteiger partial charge in [-0.1, -0.05) is 22.4 Å². The molecule has 100 valence electrons. The molecule has 2 rings (SSSR count). The van der Waals surface area contributed by atoms with Gasteiger partial charge in [0.1, 0.15) is 0 Å². The molecule has 2 heterocycles. The summed E-state index contributed by atoms with van der Waals surface area (Å²) in [4.78, 5) is 5.25. The quantitative estimate of drug-likeness (QED) is 0.722. The van der Waals surface area contributed by atoms with Crippen LogP contribution in [0.3, 0.4) is 0 Å². The number of piperidine rings is 1. The lowest BCUT2D eigenvalue weighted by atomic mass is 10.00. The summed E-state index contributed by atoms with van der Waals surface area (Å²) in [5.41, 5.74) is 0. The second kappa shape index (κ2) is 7.72. The Hall–Kier alpha value is 0.360. The molecule has 4 heteroatoms. The molecule has 0 aromatic heterocycles. The molecular weight excluding hydrogens is 280 g/mol. The summed E-state index contributed by atoms with van der Waals surface area (Å²) in [7, 11) is 0. The highest BCUT2D eigenvalue weighted by Gasteiger charge is 2.22. The molecule has 0 spiro atoms. The van der Waals surface area contributed by atoms with Gasteiger partial charge in [0.25, 0.3) is 0 Å². The molecule has 0 radical (unpaired) electrons. The highest BCUT2D eigenvalue weighted by atomic mass is 79.9. The van der Waals surface area contributed by atoms with Crippen LogP contribution in [-0.2, 0) is 4.74 Å². The summed E-state index contributed by atoms with van der Waals surface area (Å²) >= 11 is 3.59. The van der Waals surface area contributed by atoms with E-state index in [1.54, 1.807) is 0 Å². The van der Waals surface area contributed by atoms with E-state index in [2.05, 4.69) is 25.7 Å². The highest BCUT2D eigenvalue weighted by Crippen LogP contribution is 2.20. The van der Waals surface area contributed by atoms with Crippen LogP contribution in [0.15, 0.2) is 0 Å². The summed E-state index contributed by atoms with van der Waals surface area (Å²) in [6.45, 7) is 7.87. The summed E-state index contributed by atoms with van der Waals surface area (Å²) < 4.78 is 5.39. The predicted octanol–water partition coefficient (Wildman–Crippen LogP) is 1.96. The molecular formula is C13H25BrN2O. The molecule has 2 aliphatic rings. The van der Waals surface area contributed by atoms with Crippen LogP contribution in [0, 0.1) is 0 Å². The highest BCUT2D eigenvalue weighted by molar-refractivity contribution is 9.09. The van der Waals surface area contributed by atoms with E-state index in [0.29, 0.717) is 0 Å². The number of likely N-dealkylation sites (tertiary alicyclic amines) is 1. The van der Waals surface area contributed by atoms with Gasteiger partial charge in [-0.3, -0.25) is 9.80 Å². The van der Waals surface area contributed by atoms with Crippen LogP contribution in [0.2, 0.25) is 0 Å². The fourth-order valence-corrected chi connectivity index (χ4v) is 3.43. The maximum atomic E-state index is 5.39. The van der Waals surface area contributed by atoms with Crippen molar-refractivity contribution in [3.63, 3.8) is 0 Å². The van der Waals surface area contributed by atoms with Crippen LogP contribution >= 0.6 is 15.9 Å². The largest absolute Gasteiger partial charge is 0.379 e. The van der Waals surface area contributed by atoms with Crippen molar-refractivity contribution in [3.8, 4) is 0 Å². The van der Waals surface area contributed by atoms with Crippen molar-refractivity contribution in [1.82, 2.24) is 9.80 Å². The third-order valence-electron chi connectivity index (χ3n) is 4.00. The second-order valence-corrected chi connectivity index (χ2v) is 5.91. The molecule has 2 fully saturated rings. The number of hydrogen-bond donors (Lipinski definition) is 0. The summed E-state index contributed by atoms with van der Waals surface area (Å²) in [5.74, 6) is 0. The third kappa shape index (κ3) is 4.51. The van der Waals surface area contributed by atoms with Gasteiger partial charge in [0.15, 0.2) is 0 Å². The molecule has 1 atom stereocenters. The number of hydrogen-bond acceptors (Lipinski definition) is 3. The molecule has 3 nitrogen and oxygen atoms in total. The van der Waals surface area contributed by atoms with Crippen LogP contribution < -0.4 is 0 Å². The number of halogens is 1. The lowest BCUT2D eigenvalue weighted by Crippen LogP contribution is -2.46. The number of rotatable bonds is 5. The van der Waals surface area contributed by atoms with Gasteiger partial charge in [0.2, 0.25) is 0 Å². The fraction of sp³-hybridized carbons (Fsp3) is 1.00. The van der Waals surface area contributed by atoms with Crippen LogP contribution in [0.1, 0.15) is 25.7 Å². The van der Waals surface area contributed by atoms with E-state index < -0.39 is 0 Å². The first-order chi connectivity index (χ1) is 8.40. The lowest BCUT2D eigenvalue weighted by Gasteiger charge is -2.37. The Morgan fingerprint density at radius 1 is 1.06 bits per heavy atom. The molecule has 1 unspecified atom stereocenters. The summed E-state index contributed by atoms with van der Waals surface area (Å²) in [6, 6.07) is 0.823. The van der Waals surface area contributed by atoms with Gasteiger partial charge in [-0.15, -0.1) is 0 Å². The SMILES string of the molecule is BrCCC1CCCCN1CCN1CCOCC1. The van der Waals surface area contributed by atoms with Crippen molar-refractivity contribution in [2.75, 3.05) is 51.3 Å². The number of morpholine rings is 1. The number of nitrogens with zero attached hydrogens (tertiary/aromatic N) is 2. The van der Waals surface area contributed by atoms with Crippen LogP contribution in [0.5, 0.6) is 0 Å². The van der Waals surface area contributed by atoms with Gasteiger partial charge in [-0.2, -0.15) is 0 Å². The smallest absolute Gasteiger partial charge is 0.0594 e. The van der Waals surface area contributed by atoms with E-state index in [-0.39, 0.29) is 0 Å². The van der Waals surface area contributed by atoms with Crippen molar-refractivity contribution >= 4 is 15.9 Å². The van der Waals surface area contributed by atoms with Gasteiger partial charge in [0.05, 0.1) is 13.2 Å². The predicted molar refractivity (Wildman–Crippen MR) is 74.9 cm³/mol. The van der Waals surface area contributed by atoms with Crippen molar-refractivity contribution < 1.29 is 4.74 Å². The minimum absolute atomic E-state index is 0.823. The Morgan fingerprint density at radius 2 is 1.88 bits per heavy atom. The van der Waals surface area contributed by atoms with Crippen molar-refractivity contribution in [1.29, 1.82) is 0 Å². The van der Waals surface area contributed by atoms with E-state index in [4.69, 9.17) is 4.74 Å². The average Bonchev–Trinajstić information content (AvgIpc) is 2.39. The molecule has 0 bridgehead atoms. The topological polar surface area (TPSA) is 15.7 Å². The Kier molecular flexibility index (Phi) is 6.26. The number of alkyl halides is 1. The zero-order valence-electron chi connectivity index (χ0n) is 10.7. The molecule has 0 aliphatic carbocycles. The molecule has 2 saturated heterocycles. The molecule has 0 saturated carbocycles. The minimum atomic E-state index is 0.823. The Morgan fingerprint density at radius 3 is 2.65 bits per heavy atom. The van der Waals surface area contributed by atoms with Gasteiger partial charge in [-0.05, 0) is 25.8 Å². The van der Waals surface area contributed by atoms with E-state index in [1.807, 2.05) is 0 Å². The molecule has 0 aromatic carbocycles. The van der Waals surface area contributed by atoms with E-state index >= 15 is 0 Å². The van der Waals surface area contributed by atoms with Crippen LogP contribution in [0.4, 0.5) is 0 Å². The normalized spacial score (nSPS) is 28.4. The van der Waals surface area contributed by atoms with Crippen molar-refractivity contribution in [3.05, 3.63) is 0 Å². The maximum absolute atomic E-state index is 5.39. The second-order valence-electron chi connectivity index (χ2n) is 5.12. The number of ether oxygens (including phenoxy) is 1. The molecule has 17 heavy (non-hydrogen) atoms. The van der Waals surface area contributed by atoms with Crippen LogP contribution in [0.25, 0.3) is 0 Å². The van der Waals surface area contributed by atoms with E-state index in [9.17, 15) is 0 Å². The first-order valence-electron chi connectivity index (χ1n) is 7.00. The Balaban J connectivity index is 1.71. The van der Waals surface area contributed by atoms with Crippen LogP contribution in [-0.4, -0.2) is 67.1 Å². The average molecular weight is 305 g/mol. The standard InChI is InChI=1S/C13H25BrN2O/c14-5-4-13-3-1-2-6-16(13)8-7-15-9-11-17-12-10-15/h13H,1-12H2. The van der Waals surface area contributed by atoms with Crippen molar-refractivity contribution in [2.24, 2.45) is 0 Å². The van der Waals surface area contributed by atoms with Gasteiger partial charge in [-0.25, -0.2) is 0 Å². The minimum Gasteiger partial charge on any atom is -0.379 e. The third-order valence-corrected chi connectivity index (χ3v) is 4.46. The zero-order valence-corrected chi connectivity index (χ0v) is 12.3. The fourth-order valence-electron chi connectivity index (χ4n) is 2.90. The van der Waals surface area contributed by atoms with Gasteiger partial charge < -0.3 is 4.74 Å². The van der Waals surface area contributed by atoms with Gasteiger partial charge >= 0.3 is 0 Å². The van der Waals surface area contributed by atoms with Gasteiger partial charge in [0, 0.05) is 37.6 Å². The molecule has 2 aliphatic heterocycles. The Bertz CT molecular complexity index is 208. The molecule has 0 amide bonds. The Labute approximate surface area is 114 Å². The van der Waals surface area contributed by atoms with Crippen molar-refractivity contribution in [2.45, 2.75) is 31.7 Å². The first kappa shape index (κ1) is 13.8. The monoisotopic (exact) mass is 304 g/mol. The van der Waals surface area contributed by atoms with E-state index in [0.717, 1.165) is 37.7 Å². The maximum Gasteiger partial charge on any atom is 0.0594 e. The molecule has 0 N–H and O–H groups in total. The molecule has 0 aromatic rings. The first-order valence-corrected chi connectivity index (χ1v) is 8.12.